The van der Waals surface area contributed by atoms with Crippen LogP contribution in [-0.4, -0.2) is 67.3 Å². The van der Waals surface area contributed by atoms with Gasteiger partial charge in [-0.05, 0) is 30.2 Å². The van der Waals surface area contributed by atoms with Gasteiger partial charge in [0.2, 0.25) is 0 Å². The third kappa shape index (κ3) is 6.20. The Morgan fingerprint density at radius 2 is 1.79 bits per heavy atom. The molecule has 9 nitrogen and oxygen atoms in total. The maximum atomic E-state index is 12.1. The van der Waals surface area contributed by atoms with Gasteiger partial charge in [-0.3, -0.25) is 0 Å². The normalized spacial score (nSPS) is 27.3. The summed E-state index contributed by atoms with van der Waals surface area (Å²) in [5, 5.41) is 15.1. The Balaban J connectivity index is 1.34. The number of hydrogen-bond donors (Lipinski definition) is 3. The van der Waals surface area contributed by atoms with Gasteiger partial charge in [0, 0.05) is 56.2 Å². The summed E-state index contributed by atoms with van der Waals surface area (Å²) >= 11 is 0. The minimum Gasteiger partial charge on any atom is -0.392 e. The van der Waals surface area contributed by atoms with Crippen molar-refractivity contribution < 1.29 is 28.8 Å². The number of piperidine rings is 1. The van der Waals surface area contributed by atoms with Crippen molar-refractivity contribution in [3.63, 3.8) is 0 Å². The van der Waals surface area contributed by atoms with Gasteiger partial charge in [-0.15, -0.1) is 0 Å². The molecule has 3 aliphatic rings. The Morgan fingerprint density at radius 3 is 2.47 bits per heavy atom. The number of aliphatic hydroxyl groups is 1. The Bertz CT molecular complexity index is 1060. The largest absolute Gasteiger partial charge is 0.392 e. The number of anilines is 1. The fraction of sp³-hybridized carbons (Fsp3) is 0.552. The number of likely N-dealkylation sites (tertiary alicyclic amines) is 1. The fourth-order valence-electron chi connectivity index (χ4n) is 5.54. The van der Waals surface area contributed by atoms with Gasteiger partial charge in [0.25, 0.3) is 0 Å². The monoisotopic (exact) mass is 525 g/mol. The summed E-state index contributed by atoms with van der Waals surface area (Å²) in [6.45, 7) is 8.51. The minimum atomic E-state index is -0.590. The van der Waals surface area contributed by atoms with E-state index in [1.807, 2.05) is 55.5 Å². The number of nitrogens with zero attached hydrogens (tertiary/aromatic N) is 1. The topological polar surface area (TPSA) is 102 Å². The highest BCUT2D eigenvalue weighted by Gasteiger charge is 2.43. The van der Waals surface area contributed by atoms with E-state index in [0.717, 1.165) is 49.2 Å². The molecule has 2 aromatic carbocycles. The van der Waals surface area contributed by atoms with Gasteiger partial charge >= 0.3 is 6.03 Å². The summed E-state index contributed by atoms with van der Waals surface area (Å²) in [7, 11) is 0. The molecule has 3 aliphatic heterocycles. The quantitative estimate of drug-likeness (QED) is 0.503. The predicted molar refractivity (Wildman–Crippen MR) is 142 cm³/mol. The number of carbonyl (C=O) groups excluding carboxylic acids is 1. The lowest BCUT2D eigenvalue weighted by Gasteiger charge is -2.44. The van der Waals surface area contributed by atoms with Crippen LogP contribution in [0.1, 0.15) is 55.8 Å². The number of urea groups is 1. The van der Waals surface area contributed by atoms with E-state index in [1.54, 1.807) is 0 Å². The second-order valence-electron chi connectivity index (χ2n) is 10.3. The van der Waals surface area contributed by atoms with E-state index >= 15 is 0 Å². The molecule has 0 bridgehead atoms. The molecule has 2 aromatic rings. The Morgan fingerprint density at radius 1 is 1.05 bits per heavy atom. The zero-order valence-electron chi connectivity index (χ0n) is 22.2. The van der Waals surface area contributed by atoms with Crippen molar-refractivity contribution in [1.29, 1.82) is 0 Å². The Kier molecular flexibility index (Phi) is 8.62. The Hall–Kier alpha value is -2.53. The van der Waals surface area contributed by atoms with E-state index in [9.17, 15) is 9.90 Å². The molecule has 38 heavy (non-hydrogen) atoms. The molecule has 1 spiro atoms. The Labute approximate surface area is 224 Å². The van der Waals surface area contributed by atoms with Crippen molar-refractivity contribution in [2.24, 2.45) is 5.92 Å². The van der Waals surface area contributed by atoms with Crippen molar-refractivity contribution in [2.75, 3.05) is 44.7 Å². The molecule has 0 aliphatic carbocycles. The highest BCUT2D eigenvalue weighted by atomic mass is 16.7. The van der Waals surface area contributed by atoms with E-state index in [0.29, 0.717) is 25.4 Å². The molecule has 3 heterocycles. The first kappa shape index (κ1) is 27.1. The molecular formula is C29H39N3O6. The molecule has 9 heteroatoms. The highest BCUT2D eigenvalue weighted by Crippen LogP contribution is 2.42. The lowest BCUT2D eigenvalue weighted by atomic mass is 9.89. The molecule has 2 amide bonds. The molecule has 3 fully saturated rings. The van der Waals surface area contributed by atoms with Crippen molar-refractivity contribution in [2.45, 2.75) is 57.6 Å². The molecule has 0 aromatic heterocycles. The number of rotatable bonds is 7. The van der Waals surface area contributed by atoms with Crippen LogP contribution in [0, 0.1) is 5.92 Å². The summed E-state index contributed by atoms with van der Waals surface area (Å²) in [5.74, 6) is -0.312. The van der Waals surface area contributed by atoms with Crippen molar-refractivity contribution in [3.8, 4) is 0 Å². The smallest absolute Gasteiger partial charge is 0.319 e. The van der Waals surface area contributed by atoms with E-state index in [1.165, 1.54) is 0 Å². The van der Waals surface area contributed by atoms with E-state index in [-0.39, 0.29) is 30.8 Å². The van der Waals surface area contributed by atoms with Crippen LogP contribution in [0.3, 0.4) is 0 Å². The fourth-order valence-corrected chi connectivity index (χ4v) is 5.54. The second kappa shape index (κ2) is 12.1. The number of benzene rings is 2. The first-order valence-electron chi connectivity index (χ1n) is 13.6. The molecule has 0 saturated carbocycles. The SMILES string of the molecule is CCNC(=O)Nc1cccc(C2O[C@H](CN3CCC4(CC3)OCCO4)[C@H](C)[C@H](c3ccc(CO)cc3)O2)c1. The molecular weight excluding hydrogens is 486 g/mol. The maximum absolute atomic E-state index is 12.1. The predicted octanol–water partition coefficient (Wildman–Crippen LogP) is 3.95. The third-order valence-corrected chi connectivity index (χ3v) is 7.75. The summed E-state index contributed by atoms with van der Waals surface area (Å²) in [4.78, 5) is 14.5. The average Bonchev–Trinajstić information content (AvgIpc) is 3.39. The minimum absolute atomic E-state index is 0.00496. The number of carbonyl (C=O) groups is 1. The highest BCUT2D eigenvalue weighted by molar-refractivity contribution is 5.89. The van der Waals surface area contributed by atoms with Gasteiger partial charge in [0.05, 0.1) is 32.0 Å². The first-order valence-corrected chi connectivity index (χ1v) is 13.6. The van der Waals surface area contributed by atoms with Crippen LogP contribution in [0.15, 0.2) is 48.5 Å². The summed E-state index contributed by atoms with van der Waals surface area (Å²) in [6.07, 6.45) is 0.855. The molecule has 3 saturated heterocycles. The van der Waals surface area contributed by atoms with Crippen LogP contribution < -0.4 is 10.6 Å². The van der Waals surface area contributed by atoms with E-state index < -0.39 is 12.1 Å². The lowest BCUT2D eigenvalue weighted by molar-refractivity contribution is -0.278. The van der Waals surface area contributed by atoms with Gasteiger partial charge in [-0.2, -0.15) is 0 Å². The number of nitrogens with one attached hydrogen (secondary N) is 2. The van der Waals surface area contributed by atoms with Crippen LogP contribution in [-0.2, 0) is 25.6 Å². The maximum Gasteiger partial charge on any atom is 0.319 e. The molecule has 3 N–H and O–H groups in total. The van der Waals surface area contributed by atoms with Crippen LogP contribution in [0.2, 0.25) is 0 Å². The van der Waals surface area contributed by atoms with Crippen molar-refractivity contribution in [1.82, 2.24) is 10.2 Å². The van der Waals surface area contributed by atoms with Crippen molar-refractivity contribution in [3.05, 3.63) is 65.2 Å². The zero-order valence-corrected chi connectivity index (χ0v) is 22.2. The lowest BCUT2D eigenvalue weighted by Crippen LogP contribution is -2.50. The second-order valence-corrected chi connectivity index (χ2v) is 10.3. The summed E-state index contributed by atoms with van der Waals surface area (Å²) in [5.41, 5.74) is 3.44. The van der Waals surface area contributed by atoms with Crippen LogP contribution in [0.4, 0.5) is 10.5 Å². The van der Waals surface area contributed by atoms with Gasteiger partial charge in [-0.25, -0.2) is 4.79 Å². The standard InChI is InChI=1S/C29H39N3O6/c1-3-30-28(34)31-24-6-4-5-23(17-24)27-37-25(18-32-13-11-29(12-14-32)35-15-16-36-29)20(2)26(38-27)22-9-7-21(19-33)8-10-22/h4-10,17,20,25-27,33H,3,11-16,18-19H2,1-2H3,(H2,30,31,34)/t20-,25+,26+,27?/m0/s1. The first-order chi connectivity index (χ1) is 18.5. The van der Waals surface area contributed by atoms with E-state index in [4.69, 9.17) is 18.9 Å². The summed E-state index contributed by atoms with van der Waals surface area (Å²) in [6, 6.07) is 15.3. The number of hydrogen-bond acceptors (Lipinski definition) is 7. The van der Waals surface area contributed by atoms with E-state index in [2.05, 4.69) is 22.5 Å². The number of ether oxygens (including phenoxy) is 4. The number of aliphatic hydroxyl groups excluding tert-OH is 1. The molecule has 4 atom stereocenters. The van der Waals surface area contributed by atoms with Gasteiger partial charge in [0.1, 0.15) is 0 Å². The molecule has 5 rings (SSSR count). The molecule has 206 valence electrons. The van der Waals surface area contributed by atoms with Crippen LogP contribution in [0.5, 0.6) is 0 Å². The number of amides is 2. The zero-order chi connectivity index (χ0) is 26.5. The van der Waals surface area contributed by atoms with Crippen molar-refractivity contribution >= 4 is 11.7 Å². The van der Waals surface area contributed by atoms with Crippen LogP contribution >= 0.6 is 0 Å². The summed E-state index contributed by atoms with van der Waals surface area (Å²) < 4.78 is 25.0. The third-order valence-electron chi connectivity index (χ3n) is 7.75. The van der Waals surface area contributed by atoms with Gasteiger partial charge in [0.15, 0.2) is 12.1 Å². The molecule has 0 radical (unpaired) electrons. The van der Waals surface area contributed by atoms with Gasteiger partial charge in [-0.1, -0.05) is 43.3 Å². The average molecular weight is 526 g/mol. The van der Waals surface area contributed by atoms with Gasteiger partial charge < -0.3 is 39.6 Å². The van der Waals surface area contributed by atoms with Crippen LogP contribution in [0.25, 0.3) is 0 Å². The molecule has 1 unspecified atom stereocenters.